The van der Waals surface area contributed by atoms with Crippen molar-refractivity contribution in [1.29, 1.82) is 0 Å². The molecule has 2 atom stereocenters. The maximum Gasteiger partial charge on any atom is 0.212 e. The van der Waals surface area contributed by atoms with Crippen molar-refractivity contribution in [3.05, 3.63) is 30.1 Å². The Bertz CT molecular complexity index is 448. The molecule has 2 unspecified atom stereocenters. The third-order valence-corrected chi connectivity index (χ3v) is 4.33. The standard InChI is InChI=1S/C12H20N2O3S/c1-10(9-15)11(2)14-18(16,17)8-6-12-5-3-4-7-13-12/h3-5,7,10-11,14-15H,6,8-9H2,1-2H3. The molecule has 1 rings (SSSR count). The van der Waals surface area contributed by atoms with Gasteiger partial charge in [-0.1, -0.05) is 13.0 Å². The van der Waals surface area contributed by atoms with Gasteiger partial charge < -0.3 is 5.11 Å². The third-order valence-electron chi connectivity index (χ3n) is 2.86. The highest BCUT2D eigenvalue weighted by atomic mass is 32.2. The Labute approximate surface area is 108 Å². The number of aromatic nitrogens is 1. The van der Waals surface area contributed by atoms with Gasteiger partial charge in [-0.05, 0) is 25.0 Å². The second-order valence-corrected chi connectivity index (χ2v) is 6.33. The normalized spacial score (nSPS) is 15.3. The van der Waals surface area contributed by atoms with Gasteiger partial charge in [0.2, 0.25) is 10.0 Å². The minimum absolute atomic E-state index is 0.00645. The van der Waals surface area contributed by atoms with Gasteiger partial charge in [-0.3, -0.25) is 4.98 Å². The molecule has 0 amide bonds. The van der Waals surface area contributed by atoms with Crippen molar-refractivity contribution in [2.75, 3.05) is 12.4 Å². The van der Waals surface area contributed by atoms with Gasteiger partial charge in [-0.2, -0.15) is 0 Å². The van der Waals surface area contributed by atoms with Crippen LogP contribution in [0.3, 0.4) is 0 Å². The molecule has 0 aliphatic rings. The Balaban J connectivity index is 2.50. The van der Waals surface area contributed by atoms with Gasteiger partial charge in [-0.15, -0.1) is 0 Å². The minimum atomic E-state index is -3.34. The molecule has 0 fully saturated rings. The first kappa shape index (κ1) is 15.1. The van der Waals surface area contributed by atoms with Gasteiger partial charge in [0.05, 0.1) is 5.75 Å². The number of hydrogen-bond acceptors (Lipinski definition) is 4. The topological polar surface area (TPSA) is 79.3 Å². The lowest BCUT2D eigenvalue weighted by Crippen LogP contribution is -2.39. The van der Waals surface area contributed by atoms with Crippen molar-refractivity contribution in [2.24, 2.45) is 5.92 Å². The summed E-state index contributed by atoms with van der Waals surface area (Å²) in [6, 6.07) is 5.15. The van der Waals surface area contributed by atoms with Gasteiger partial charge in [0.1, 0.15) is 0 Å². The number of sulfonamides is 1. The zero-order valence-corrected chi connectivity index (χ0v) is 11.5. The molecule has 1 aromatic heterocycles. The van der Waals surface area contributed by atoms with E-state index >= 15 is 0 Å². The molecule has 0 aliphatic carbocycles. The highest BCUT2D eigenvalue weighted by Gasteiger charge is 2.18. The SMILES string of the molecule is CC(CO)C(C)NS(=O)(=O)CCc1ccccn1. The summed E-state index contributed by atoms with van der Waals surface area (Å²) in [5, 5.41) is 8.97. The average Bonchev–Trinajstić information content (AvgIpc) is 2.36. The lowest BCUT2D eigenvalue weighted by molar-refractivity contribution is 0.216. The van der Waals surface area contributed by atoms with E-state index in [1.54, 1.807) is 32.2 Å². The number of pyridine rings is 1. The largest absolute Gasteiger partial charge is 0.396 e. The second kappa shape index (κ2) is 6.82. The lowest BCUT2D eigenvalue weighted by Gasteiger charge is -2.19. The number of nitrogens with one attached hydrogen (secondary N) is 1. The Morgan fingerprint density at radius 2 is 2.11 bits per heavy atom. The third kappa shape index (κ3) is 5.12. The van der Waals surface area contributed by atoms with Crippen molar-refractivity contribution in [3.63, 3.8) is 0 Å². The number of nitrogens with zero attached hydrogens (tertiary/aromatic N) is 1. The van der Waals surface area contributed by atoms with E-state index in [0.29, 0.717) is 6.42 Å². The van der Waals surface area contributed by atoms with Crippen LogP contribution < -0.4 is 4.72 Å². The predicted octanol–water partition coefficient (Wildman–Crippen LogP) is 0.560. The zero-order chi connectivity index (χ0) is 13.6. The molecule has 2 N–H and O–H groups in total. The molecule has 0 aliphatic heterocycles. The van der Waals surface area contributed by atoms with Crippen molar-refractivity contribution in [1.82, 2.24) is 9.71 Å². The summed E-state index contributed by atoms with van der Waals surface area (Å²) in [6.07, 6.45) is 2.03. The van der Waals surface area contributed by atoms with Crippen molar-refractivity contribution < 1.29 is 13.5 Å². The fraction of sp³-hybridized carbons (Fsp3) is 0.583. The number of rotatable bonds is 7. The maximum atomic E-state index is 11.8. The Hall–Kier alpha value is -0.980. The second-order valence-electron chi connectivity index (χ2n) is 4.46. The first-order valence-corrected chi connectivity index (χ1v) is 7.60. The lowest BCUT2D eigenvalue weighted by atomic mass is 10.1. The molecule has 0 aromatic carbocycles. The number of aryl methyl sites for hydroxylation is 1. The first-order chi connectivity index (χ1) is 8.44. The van der Waals surface area contributed by atoms with E-state index < -0.39 is 10.0 Å². The summed E-state index contributed by atoms with van der Waals surface area (Å²) in [4.78, 5) is 4.08. The summed E-state index contributed by atoms with van der Waals surface area (Å²) < 4.78 is 26.2. The summed E-state index contributed by atoms with van der Waals surface area (Å²) in [5.41, 5.74) is 0.755. The fourth-order valence-corrected chi connectivity index (χ4v) is 2.80. The molecular formula is C12H20N2O3S. The highest BCUT2D eigenvalue weighted by Crippen LogP contribution is 2.04. The Morgan fingerprint density at radius 3 is 2.67 bits per heavy atom. The van der Waals surface area contributed by atoms with Crippen LogP contribution in [-0.4, -0.2) is 36.9 Å². The summed E-state index contributed by atoms with van der Waals surface area (Å²) in [7, 11) is -3.34. The molecule has 102 valence electrons. The summed E-state index contributed by atoms with van der Waals surface area (Å²) in [6.45, 7) is 3.51. The molecule has 1 heterocycles. The van der Waals surface area contributed by atoms with E-state index in [0.717, 1.165) is 5.69 Å². The van der Waals surface area contributed by atoms with E-state index in [1.165, 1.54) is 0 Å². The maximum absolute atomic E-state index is 11.8. The molecule has 1 aromatic rings. The van der Waals surface area contributed by atoms with Gasteiger partial charge in [0.25, 0.3) is 0 Å². The van der Waals surface area contributed by atoms with Crippen molar-refractivity contribution in [2.45, 2.75) is 26.3 Å². The number of hydrogen-bond donors (Lipinski definition) is 2. The molecule has 0 saturated carbocycles. The van der Waals surface area contributed by atoms with Crippen LogP contribution in [0.4, 0.5) is 0 Å². The van der Waals surface area contributed by atoms with Gasteiger partial charge in [0, 0.05) is 31.0 Å². The van der Waals surface area contributed by atoms with Gasteiger partial charge in [-0.25, -0.2) is 13.1 Å². The zero-order valence-electron chi connectivity index (χ0n) is 10.7. The van der Waals surface area contributed by atoms with E-state index in [9.17, 15) is 8.42 Å². The Kier molecular flexibility index (Phi) is 5.71. The van der Waals surface area contributed by atoms with Crippen LogP contribution in [0.15, 0.2) is 24.4 Å². The van der Waals surface area contributed by atoms with Crippen LogP contribution in [0, 0.1) is 5.92 Å². The smallest absolute Gasteiger partial charge is 0.212 e. The van der Waals surface area contributed by atoms with E-state index in [-0.39, 0.29) is 24.3 Å². The van der Waals surface area contributed by atoms with E-state index in [1.807, 2.05) is 6.07 Å². The monoisotopic (exact) mass is 272 g/mol. The molecule has 0 saturated heterocycles. The minimum Gasteiger partial charge on any atom is -0.396 e. The quantitative estimate of drug-likeness (QED) is 0.760. The average molecular weight is 272 g/mol. The summed E-state index contributed by atoms with van der Waals surface area (Å²) in [5.74, 6) is -0.0957. The first-order valence-electron chi connectivity index (χ1n) is 5.95. The number of aliphatic hydroxyl groups excluding tert-OH is 1. The van der Waals surface area contributed by atoms with E-state index in [4.69, 9.17) is 5.11 Å². The molecule has 0 spiro atoms. The summed E-state index contributed by atoms with van der Waals surface area (Å²) >= 11 is 0. The predicted molar refractivity (Wildman–Crippen MR) is 70.6 cm³/mol. The van der Waals surface area contributed by atoms with Crippen LogP contribution in [0.5, 0.6) is 0 Å². The molecule has 5 nitrogen and oxygen atoms in total. The number of aliphatic hydroxyl groups is 1. The molecule has 0 bridgehead atoms. The molecular weight excluding hydrogens is 252 g/mol. The van der Waals surface area contributed by atoms with Crippen LogP contribution in [-0.2, 0) is 16.4 Å². The van der Waals surface area contributed by atoms with Gasteiger partial charge in [0.15, 0.2) is 0 Å². The van der Waals surface area contributed by atoms with Crippen molar-refractivity contribution in [3.8, 4) is 0 Å². The van der Waals surface area contributed by atoms with Crippen molar-refractivity contribution >= 4 is 10.0 Å². The van der Waals surface area contributed by atoms with Gasteiger partial charge >= 0.3 is 0 Å². The molecule has 18 heavy (non-hydrogen) atoms. The molecule has 0 radical (unpaired) electrons. The van der Waals surface area contributed by atoms with Crippen LogP contribution >= 0.6 is 0 Å². The van der Waals surface area contributed by atoms with Crippen LogP contribution in [0.25, 0.3) is 0 Å². The van der Waals surface area contributed by atoms with Crippen LogP contribution in [0.1, 0.15) is 19.5 Å². The Morgan fingerprint density at radius 1 is 1.39 bits per heavy atom. The van der Waals surface area contributed by atoms with Crippen LogP contribution in [0.2, 0.25) is 0 Å². The fourth-order valence-electron chi connectivity index (χ4n) is 1.40. The molecule has 6 heteroatoms. The highest BCUT2D eigenvalue weighted by molar-refractivity contribution is 7.89. The van der Waals surface area contributed by atoms with E-state index in [2.05, 4.69) is 9.71 Å².